The van der Waals surface area contributed by atoms with Crippen LogP contribution in [-0.4, -0.2) is 28.3 Å². The van der Waals surface area contributed by atoms with E-state index in [0.29, 0.717) is 5.56 Å². The number of nitrogens with one attached hydrogen (secondary N) is 1. The van der Waals surface area contributed by atoms with E-state index in [0.717, 1.165) is 0 Å². The van der Waals surface area contributed by atoms with Crippen molar-refractivity contribution in [1.29, 1.82) is 0 Å². The number of nitrogens with zero attached hydrogens (tertiary/aromatic N) is 1. The van der Waals surface area contributed by atoms with Gasteiger partial charge in [-0.05, 0) is 38.5 Å². The Labute approximate surface area is 111 Å². The van der Waals surface area contributed by atoms with Crippen molar-refractivity contribution in [1.82, 2.24) is 10.2 Å². The van der Waals surface area contributed by atoms with Crippen molar-refractivity contribution in [3.63, 3.8) is 0 Å². The monoisotopic (exact) mass is 264 g/mol. The molecule has 0 spiro atoms. The second-order valence-electron chi connectivity index (χ2n) is 5.31. The van der Waals surface area contributed by atoms with Crippen LogP contribution in [0.4, 0.5) is 4.39 Å². The molecule has 0 aromatic heterocycles. The van der Waals surface area contributed by atoms with Gasteiger partial charge in [0.2, 0.25) is 11.8 Å². The highest BCUT2D eigenvalue weighted by molar-refractivity contribution is 5.99. The predicted molar refractivity (Wildman–Crippen MR) is 68.6 cm³/mol. The Morgan fingerprint density at radius 1 is 1.37 bits per heavy atom. The SMILES string of the molecule is CC1NC(=O)C(C)(C)N(Cc2cccc(F)c2)C1=O. The molecule has 19 heavy (non-hydrogen) atoms. The molecule has 1 heterocycles. The lowest BCUT2D eigenvalue weighted by atomic mass is 9.95. The molecule has 0 bridgehead atoms. The summed E-state index contributed by atoms with van der Waals surface area (Å²) in [6.07, 6.45) is 0. The molecule has 102 valence electrons. The van der Waals surface area contributed by atoms with Crippen molar-refractivity contribution >= 4 is 11.8 Å². The molecule has 4 nitrogen and oxygen atoms in total. The molecule has 1 atom stereocenters. The van der Waals surface area contributed by atoms with Crippen LogP contribution in [0.1, 0.15) is 26.3 Å². The molecule has 2 amide bonds. The van der Waals surface area contributed by atoms with Crippen LogP contribution in [0.2, 0.25) is 0 Å². The third-order valence-corrected chi connectivity index (χ3v) is 3.44. The van der Waals surface area contributed by atoms with E-state index in [-0.39, 0.29) is 24.2 Å². The first kappa shape index (κ1) is 13.5. The largest absolute Gasteiger partial charge is 0.343 e. The van der Waals surface area contributed by atoms with Gasteiger partial charge in [-0.25, -0.2) is 4.39 Å². The zero-order valence-corrected chi connectivity index (χ0v) is 11.2. The van der Waals surface area contributed by atoms with E-state index in [9.17, 15) is 14.0 Å². The molecule has 0 aliphatic carbocycles. The van der Waals surface area contributed by atoms with Crippen molar-refractivity contribution in [2.24, 2.45) is 0 Å². The minimum atomic E-state index is -0.935. The Morgan fingerprint density at radius 3 is 2.68 bits per heavy atom. The maximum absolute atomic E-state index is 13.2. The molecule has 0 radical (unpaired) electrons. The number of piperazine rings is 1. The molecule has 2 rings (SSSR count). The average molecular weight is 264 g/mol. The molecule has 5 heteroatoms. The Bertz CT molecular complexity index is 528. The average Bonchev–Trinajstić information content (AvgIpc) is 2.33. The van der Waals surface area contributed by atoms with Gasteiger partial charge in [0.15, 0.2) is 0 Å². The highest BCUT2D eigenvalue weighted by Gasteiger charge is 2.44. The van der Waals surface area contributed by atoms with Crippen LogP contribution >= 0.6 is 0 Å². The number of halogens is 1. The zero-order valence-electron chi connectivity index (χ0n) is 11.2. The van der Waals surface area contributed by atoms with Crippen LogP contribution < -0.4 is 5.32 Å². The van der Waals surface area contributed by atoms with Crippen molar-refractivity contribution in [3.8, 4) is 0 Å². The lowest BCUT2D eigenvalue weighted by molar-refractivity contribution is -0.155. The number of rotatable bonds is 2. The van der Waals surface area contributed by atoms with Crippen LogP contribution in [0.3, 0.4) is 0 Å². The fraction of sp³-hybridized carbons (Fsp3) is 0.429. The molecule has 1 saturated heterocycles. The first-order valence-corrected chi connectivity index (χ1v) is 6.19. The molecule has 1 fully saturated rings. The molecule has 1 aromatic carbocycles. The van der Waals surface area contributed by atoms with Gasteiger partial charge < -0.3 is 10.2 Å². The van der Waals surface area contributed by atoms with Crippen LogP contribution in [0, 0.1) is 5.82 Å². The van der Waals surface area contributed by atoms with Gasteiger partial charge in [0.25, 0.3) is 0 Å². The van der Waals surface area contributed by atoms with E-state index in [1.165, 1.54) is 17.0 Å². The summed E-state index contributed by atoms with van der Waals surface area (Å²) >= 11 is 0. The summed E-state index contributed by atoms with van der Waals surface area (Å²) in [5.41, 5.74) is -0.265. The lowest BCUT2D eigenvalue weighted by Crippen LogP contribution is -2.67. The quantitative estimate of drug-likeness (QED) is 0.879. The number of benzene rings is 1. The van der Waals surface area contributed by atoms with Crippen LogP contribution in [0.5, 0.6) is 0 Å². The summed E-state index contributed by atoms with van der Waals surface area (Å²) in [6, 6.07) is 5.51. The van der Waals surface area contributed by atoms with Gasteiger partial charge in [-0.15, -0.1) is 0 Å². The van der Waals surface area contributed by atoms with Crippen molar-refractivity contribution in [2.45, 2.75) is 38.9 Å². The standard InChI is InChI=1S/C14H17FN2O2/c1-9-12(18)17(14(2,3)13(19)16-9)8-10-5-4-6-11(15)7-10/h4-7,9H,8H2,1-3H3,(H,16,19). The minimum Gasteiger partial charge on any atom is -0.343 e. The number of hydrogen-bond donors (Lipinski definition) is 1. The summed E-state index contributed by atoms with van der Waals surface area (Å²) in [5, 5.41) is 2.64. The van der Waals surface area contributed by atoms with Gasteiger partial charge in [0.05, 0.1) is 0 Å². The summed E-state index contributed by atoms with van der Waals surface area (Å²) < 4.78 is 13.2. The summed E-state index contributed by atoms with van der Waals surface area (Å²) in [4.78, 5) is 25.6. The molecule has 1 aliphatic heterocycles. The van der Waals surface area contributed by atoms with E-state index < -0.39 is 11.6 Å². The van der Waals surface area contributed by atoms with Gasteiger partial charge in [0.1, 0.15) is 17.4 Å². The lowest BCUT2D eigenvalue weighted by Gasteiger charge is -2.43. The number of carbonyl (C=O) groups is 2. The van der Waals surface area contributed by atoms with Crippen molar-refractivity contribution in [2.75, 3.05) is 0 Å². The molecule has 0 saturated carbocycles. The number of hydrogen-bond acceptors (Lipinski definition) is 2. The smallest absolute Gasteiger partial charge is 0.246 e. The van der Waals surface area contributed by atoms with E-state index in [2.05, 4.69) is 5.32 Å². The highest BCUT2D eigenvalue weighted by Crippen LogP contribution is 2.23. The molecule has 1 N–H and O–H groups in total. The van der Waals surface area contributed by atoms with Crippen molar-refractivity contribution < 1.29 is 14.0 Å². The first-order chi connectivity index (χ1) is 8.82. The highest BCUT2D eigenvalue weighted by atomic mass is 19.1. The maximum atomic E-state index is 13.2. The molecular formula is C14H17FN2O2. The Kier molecular flexibility index (Phi) is 3.30. The van der Waals surface area contributed by atoms with E-state index in [4.69, 9.17) is 0 Å². The maximum Gasteiger partial charge on any atom is 0.246 e. The van der Waals surface area contributed by atoms with Gasteiger partial charge in [-0.1, -0.05) is 12.1 Å². The fourth-order valence-corrected chi connectivity index (χ4v) is 2.16. The molecular weight excluding hydrogens is 247 g/mol. The van der Waals surface area contributed by atoms with Crippen LogP contribution in [-0.2, 0) is 16.1 Å². The minimum absolute atomic E-state index is 0.158. The molecule has 1 aromatic rings. The zero-order chi connectivity index (χ0) is 14.2. The van der Waals surface area contributed by atoms with Crippen LogP contribution in [0.15, 0.2) is 24.3 Å². The Morgan fingerprint density at radius 2 is 2.05 bits per heavy atom. The summed E-state index contributed by atoms with van der Waals surface area (Å²) in [7, 11) is 0. The van der Waals surface area contributed by atoms with Crippen LogP contribution in [0.25, 0.3) is 0 Å². The number of carbonyl (C=O) groups excluding carboxylic acids is 2. The molecule has 1 unspecified atom stereocenters. The van der Waals surface area contributed by atoms with Crippen molar-refractivity contribution in [3.05, 3.63) is 35.6 Å². The predicted octanol–water partition coefficient (Wildman–Crippen LogP) is 1.45. The Balaban J connectivity index is 2.30. The number of amides is 2. The van der Waals surface area contributed by atoms with Gasteiger partial charge in [0, 0.05) is 6.54 Å². The van der Waals surface area contributed by atoms with E-state index in [1.807, 2.05) is 0 Å². The second kappa shape index (κ2) is 4.64. The summed E-state index contributed by atoms with van der Waals surface area (Å²) in [5.74, 6) is -0.706. The normalized spacial score (nSPS) is 22.3. The Hall–Kier alpha value is -1.91. The third-order valence-electron chi connectivity index (χ3n) is 3.44. The topological polar surface area (TPSA) is 49.4 Å². The second-order valence-corrected chi connectivity index (χ2v) is 5.31. The first-order valence-electron chi connectivity index (χ1n) is 6.19. The summed E-state index contributed by atoms with van der Waals surface area (Å²) in [6.45, 7) is 5.24. The third kappa shape index (κ3) is 2.45. The van der Waals surface area contributed by atoms with Gasteiger partial charge in [-0.2, -0.15) is 0 Å². The van der Waals surface area contributed by atoms with Gasteiger partial charge in [-0.3, -0.25) is 9.59 Å². The van der Waals surface area contributed by atoms with Gasteiger partial charge >= 0.3 is 0 Å². The fourth-order valence-electron chi connectivity index (χ4n) is 2.16. The molecule has 1 aliphatic rings. The van der Waals surface area contributed by atoms with E-state index in [1.54, 1.807) is 32.9 Å². The van der Waals surface area contributed by atoms with E-state index >= 15 is 0 Å².